The number of hydrogen-bond acceptors (Lipinski definition) is 4. The first kappa shape index (κ1) is 13.6. The van der Waals surface area contributed by atoms with Crippen LogP contribution in [0.1, 0.15) is 21.5 Å². The van der Waals surface area contributed by atoms with E-state index in [1.807, 2.05) is 0 Å². The highest BCUT2D eigenvalue weighted by Crippen LogP contribution is 2.25. The van der Waals surface area contributed by atoms with Crippen molar-refractivity contribution in [2.45, 2.75) is 6.42 Å². The minimum atomic E-state index is -0.699. The highest BCUT2D eigenvalue weighted by atomic mass is 35.5. The summed E-state index contributed by atoms with van der Waals surface area (Å²) in [7, 11) is 0. The fraction of sp³-hybridized carbons (Fsp3) is 0.0833. The van der Waals surface area contributed by atoms with Gasteiger partial charge >= 0.3 is 0 Å². The van der Waals surface area contributed by atoms with Crippen LogP contribution < -0.4 is 0 Å². The molecule has 0 radical (unpaired) electrons. The number of nitrogens with zero attached hydrogens (tertiary/aromatic N) is 3. The van der Waals surface area contributed by atoms with Crippen LogP contribution in [0.2, 0.25) is 10.3 Å². The first-order valence-electron chi connectivity index (χ1n) is 5.27. The maximum atomic E-state index is 11.6. The van der Waals surface area contributed by atoms with Crippen molar-refractivity contribution in [3.8, 4) is 0 Å². The van der Waals surface area contributed by atoms with Crippen LogP contribution in [-0.2, 0) is 6.42 Å². The summed E-state index contributed by atoms with van der Waals surface area (Å²) in [4.78, 5) is 19.4. The lowest BCUT2D eigenvalue weighted by atomic mass is 10.0. The zero-order valence-electron chi connectivity index (χ0n) is 9.60. The predicted molar refractivity (Wildman–Crippen MR) is 70.8 cm³/mol. The van der Waals surface area contributed by atoms with E-state index in [2.05, 4.69) is 15.1 Å². The van der Waals surface area contributed by atoms with Crippen molar-refractivity contribution in [2.75, 3.05) is 0 Å². The fourth-order valence-corrected chi connectivity index (χ4v) is 2.13. The SMILES string of the molecule is N=NC(=O)c1cc(Cl)nc(Cl)c1Cc1ccncc1. The number of pyridine rings is 2. The standard InChI is InChI=1S/C12H8Cl2N4O/c13-10-6-9(12(19)18-15)8(11(14)17-10)5-7-1-3-16-4-2-7/h1-4,6,15H,5H2. The molecule has 0 spiro atoms. The van der Waals surface area contributed by atoms with Crippen molar-refractivity contribution < 1.29 is 4.79 Å². The Balaban J connectivity index is 2.49. The van der Waals surface area contributed by atoms with Crippen molar-refractivity contribution in [3.05, 3.63) is 57.6 Å². The molecular weight excluding hydrogens is 287 g/mol. The monoisotopic (exact) mass is 294 g/mol. The smallest absolute Gasteiger partial charge is 0.265 e. The van der Waals surface area contributed by atoms with E-state index in [4.69, 9.17) is 28.7 Å². The fourth-order valence-electron chi connectivity index (χ4n) is 1.63. The summed E-state index contributed by atoms with van der Waals surface area (Å²) in [5, 5.41) is 3.13. The summed E-state index contributed by atoms with van der Waals surface area (Å²) >= 11 is 11.8. The summed E-state index contributed by atoms with van der Waals surface area (Å²) in [5.41, 5.74) is 8.43. The third-order valence-electron chi connectivity index (χ3n) is 2.50. The van der Waals surface area contributed by atoms with Gasteiger partial charge < -0.3 is 0 Å². The number of nitrogens with one attached hydrogen (secondary N) is 1. The van der Waals surface area contributed by atoms with Gasteiger partial charge in [0.25, 0.3) is 5.91 Å². The number of hydrogen-bond donors (Lipinski definition) is 1. The summed E-state index contributed by atoms with van der Waals surface area (Å²) in [6, 6.07) is 4.97. The molecule has 0 aliphatic carbocycles. The number of carbonyl (C=O) groups is 1. The third-order valence-corrected chi connectivity index (χ3v) is 3.01. The van der Waals surface area contributed by atoms with Crippen molar-refractivity contribution in [2.24, 2.45) is 5.11 Å². The van der Waals surface area contributed by atoms with Gasteiger partial charge in [-0.3, -0.25) is 9.78 Å². The maximum absolute atomic E-state index is 11.6. The molecule has 0 saturated carbocycles. The molecule has 0 unspecified atom stereocenters. The van der Waals surface area contributed by atoms with Crippen molar-refractivity contribution >= 4 is 29.1 Å². The second-order valence-corrected chi connectivity index (χ2v) is 4.46. The highest BCUT2D eigenvalue weighted by molar-refractivity contribution is 6.33. The third kappa shape index (κ3) is 3.13. The van der Waals surface area contributed by atoms with Gasteiger partial charge in [-0.15, -0.1) is 5.11 Å². The molecule has 2 rings (SSSR count). The molecule has 1 amide bonds. The Labute approximate surface area is 119 Å². The molecule has 0 bridgehead atoms. The van der Waals surface area contributed by atoms with E-state index in [9.17, 15) is 4.79 Å². The summed E-state index contributed by atoms with van der Waals surface area (Å²) in [6.07, 6.45) is 3.67. The molecule has 0 fully saturated rings. The molecule has 0 saturated heterocycles. The Hall–Kier alpha value is -1.85. The first-order chi connectivity index (χ1) is 9.11. The van der Waals surface area contributed by atoms with Gasteiger partial charge in [0.05, 0.1) is 5.56 Å². The van der Waals surface area contributed by atoms with Crippen LogP contribution >= 0.6 is 23.2 Å². The van der Waals surface area contributed by atoms with Crippen LogP contribution in [0, 0.1) is 5.53 Å². The Morgan fingerprint density at radius 2 is 2.00 bits per heavy atom. The molecule has 0 aliphatic heterocycles. The number of halogens is 2. The molecule has 2 aromatic rings. The predicted octanol–water partition coefficient (Wildman–Crippen LogP) is 3.55. The lowest BCUT2D eigenvalue weighted by Crippen LogP contribution is -2.04. The van der Waals surface area contributed by atoms with Gasteiger partial charge in [0.15, 0.2) is 0 Å². The number of aromatic nitrogens is 2. The largest absolute Gasteiger partial charge is 0.295 e. The molecule has 2 aromatic heterocycles. The Kier molecular flexibility index (Phi) is 4.19. The average molecular weight is 295 g/mol. The van der Waals surface area contributed by atoms with Gasteiger partial charge in [0.1, 0.15) is 10.3 Å². The zero-order chi connectivity index (χ0) is 13.8. The molecule has 2 heterocycles. The molecule has 96 valence electrons. The number of carbonyl (C=O) groups excluding carboxylic acids is 1. The minimum absolute atomic E-state index is 0.0930. The number of amides is 1. The minimum Gasteiger partial charge on any atom is -0.265 e. The normalized spacial score (nSPS) is 10.2. The first-order valence-corrected chi connectivity index (χ1v) is 6.03. The van der Waals surface area contributed by atoms with Gasteiger partial charge in [-0.1, -0.05) is 23.2 Å². The Morgan fingerprint density at radius 1 is 1.32 bits per heavy atom. The van der Waals surface area contributed by atoms with E-state index in [1.54, 1.807) is 24.5 Å². The van der Waals surface area contributed by atoms with Crippen LogP contribution in [0.25, 0.3) is 0 Å². The molecule has 0 aromatic carbocycles. The highest BCUT2D eigenvalue weighted by Gasteiger charge is 2.17. The van der Waals surface area contributed by atoms with E-state index in [0.717, 1.165) is 5.56 Å². The molecule has 19 heavy (non-hydrogen) atoms. The van der Waals surface area contributed by atoms with Gasteiger partial charge in [-0.05, 0) is 23.8 Å². The average Bonchev–Trinajstić information content (AvgIpc) is 2.42. The molecule has 7 heteroatoms. The van der Waals surface area contributed by atoms with Crippen LogP contribution in [0.15, 0.2) is 35.7 Å². The molecule has 1 N–H and O–H groups in total. The van der Waals surface area contributed by atoms with E-state index < -0.39 is 5.91 Å². The van der Waals surface area contributed by atoms with E-state index in [-0.39, 0.29) is 15.9 Å². The second kappa shape index (κ2) is 5.86. The molecule has 5 nitrogen and oxygen atoms in total. The molecular formula is C12H8Cl2N4O. The maximum Gasteiger partial charge on any atom is 0.295 e. The van der Waals surface area contributed by atoms with Crippen molar-refractivity contribution in [1.29, 1.82) is 5.53 Å². The van der Waals surface area contributed by atoms with Gasteiger partial charge in [0.2, 0.25) is 0 Å². The van der Waals surface area contributed by atoms with E-state index in [1.165, 1.54) is 6.07 Å². The summed E-state index contributed by atoms with van der Waals surface area (Å²) < 4.78 is 0. The van der Waals surface area contributed by atoms with Crippen LogP contribution in [-0.4, -0.2) is 15.9 Å². The van der Waals surface area contributed by atoms with Crippen LogP contribution in [0.5, 0.6) is 0 Å². The van der Waals surface area contributed by atoms with Gasteiger partial charge in [-0.2, -0.15) is 0 Å². The van der Waals surface area contributed by atoms with Crippen LogP contribution in [0.3, 0.4) is 0 Å². The van der Waals surface area contributed by atoms with Crippen LogP contribution in [0.4, 0.5) is 0 Å². The summed E-state index contributed by atoms with van der Waals surface area (Å²) in [5.74, 6) is -0.699. The summed E-state index contributed by atoms with van der Waals surface area (Å²) in [6.45, 7) is 0. The molecule has 0 atom stereocenters. The van der Waals surface area contributed by atoms with Crippen molar-refractivity contribution in [3.63, 3.8) is 0 Å². The topological polar surface area (TPSA) is 79.1 Å². The van der Waals surface area contributed by atoms with E-state index >= 15 is 0 Å². The Morgan fingerprint density at radius 3 is 2.63 bits per heavy atom. The van der Waals surface area contributed by atoms with Gasteiger partial charge in [-0.25, -0.2) is 10.5 Å². The van der Waals surface area contributed by atoms with E-state index in [0.29, 0.717) is 12.0 Å². The zero-order valence-corrected chi connectivity index (χ0v) is 11.1. The number of rotatable bonds is 3. The quantitative estimate of drug-likeness (QED) is 0.694. The lowest BCUT2D eigenvalue weighted by molar-refractivity contribution is 0.0990. The molecule has 0 aliphatic rings. The Bertz CT molecular complexity index is 631. The lowest BCUT2D eigenvalue weighted by Gasteiger charge is -2.08. The van der Waals surface area contributed by atoms with Crippen molar-refractivity contribution in [1.82, 2.24) is 9.97 Å². The van der Waals surface area contributed by atoms with Gasteiger partial charge in [0, 0.05) is 24.4 Å². The second-order valence-electron chi connectivity index (χ2n) is 3.71.